The first-order chi connectivity index (χ1) is 9.54. The van der Waals surface area contributed by atoms with Gasteiger partial charge in [0.1, 0.15) is 0 Å². The van der Waals surface area contributed by atoms with E-state index in [0.717, 1.165) is 36.6 Å². The Bertz CT molecular complexity index is 454. The lowest BCUT2D eigenvalue weighted by atomic mass is 10.0. The smallest absolute Gasteiger partial charge is 0.222 e. The Morgan fingerprint density at radius 1 is 1.40 bits per heavy atom. The average molecular weight is 295 g/mol. The number of benzene rings is 1. The maximum atomic E-state index is 12.0. The summed E-state index contributed by atoms with van der Waals surface area (Å²) >= 11 is 5.98. The van der Waals surface area contributed by atoms with Crippen molar-refractivity contribution in [2.75, 3.05) is 18.4 Å². The van der Waals surface area contributed by atoms with Crippen LogP contribution in [0.4, 0.5) is 5.69 Å². The van der Waals surface area contributed by atoms with Crippen LogP contribution in [-0.2, 0) is 4.79 Å². The number of nitrogens with one attached hydrogen (secondary N) is 1. The standard InChI is InChI=1S/C16H23ClN2O/c1-12(2)10-16(20)19-8-6-14(7-9-19)18-15-5-3-4-13(17)11-15/h3-5,11-12,14,18H,6-10H2,1-2H3. The molecule has 1 amide bonds. The van der Waals surface area contributed by atoms with Gasteiger partial charge in [-0.15, -0.1) is 0 Å². The predicted molar refractivity (Wildman–Crippen MR) is 84.1 cm³/mol. The van der Waals surface area contributed by atoms with Gasteiger partial charge in [-0.1, -0.05) is 31.5 Å². The Morgan fingerprint density at radius 2 is 2.10 bits per heavy atom. The lowest BCUT2D eigenvalue weighted by molar-refractivity contribution is -0.132. The minimum absolute atomic E-state index is 0.293. The minimum atomic E-state index is 0.293. The van der Waals surface area contributed by atoms with E-state index in [2.05, 4.69) is 19.2 Å². The molecule has 0 unspecified atom stereocenters. The Hall–Kier alpha value is -1.22. The van der Waals surface area contributed by atoms with Crippen LogP contribution in [-0.4, -0.2) is 29.9 Å². The SMILES string of the molecule is CC(C)CC(=O)N1CCC(Nc2cccc(Cl)c2)CC1. The van der Waals surface area contributed by atoms with Gasteiger partial charge in [-0.05, 0) is 37.0 Å². The number of piperidine rings is 1. The van der Waals surface area contributed by atoms with Crippen molar-refractivity contribution in [3.05, 3.63) is 29.3 Å². The van der Waals surface area contributed by atoms with E-state index >= 15 is 0 Å². The fourth-order valence-electron chi connectivity index (χ4n) is 2.57. The molecule has 1 aliphatic rings. The number of carbonyl (C=O) groups excluding carboxylic acids is 1. The number of nitrogens with zero attached hydrogens (tertiary/aromatic N) is 1. The summed E-state index contributed by atoms with van der Waals surface area (Å²) in [5.41, 5.74) is 1.06. The second-order valence-electron chi connectivity index (χ2n) is 5.91. The van der Waals surface area contributed by atoms with Crippen LogP contribution in [0.1, 0.15) is 33.1 Å². The summed E-state index contributed by atoms with van der Waals surface area (Å²) in [6.45, 7) is 5.88. The van der Waals surface area contributed by atoms with Crippen LogP contribution in [0.25, 0.3) is 0 Å². The van der Waals surface area contributed by atoms with Gasteiger partial charge in [0.15, 0.2) is 0 Å². The molecular weight excluding hydrogens is 272 g/mol. The van der Waals surface area contributed by atoms with E-state index in [1.807, 2.05) is 29.2 Å². The molecule has 0 radical (unpaired) electrons. The quantitative estimate of drug-likeness (QED) is 0.916. The fourth-order valence-corrected chi connectivity index (χ4v) is 2.76. The average Bonchev–Trinajstić information content (AvgIpc) is 2.38. The molecule has 0 spiro atoms. The van der Waals surface area contributed by atoms with Gasteiger partial charge in [0.2, 0.25) is 5.91 Å². The molecule has 0 saturated carbocycles. The molecule has 110 valence electrons. The molecule has 2 rings (SSSR count). The topological polar surface area (TPSA) is 32.3 Å². The third kappa shape index (κ3) is 4.41. The molecule has 0 bridgehead atoms. The van der Waals surface area contributed by atoms with E-state index in [0.29, 0.717) is 24.3 Å². The van der Waals surface area contributed by atoms with Crippen molar-refractivity contribution in [2.24, 2.45) is 5.92 Å². The highest BCUT2D eigenvalue weighted by atomic mass is 35.5. The van der Waals surface area contributed by atoms with Crippen molar-refractivity contribution in [3.8, 4) is 0 Å². The second kappa shape index (κ2) is 6.98. The zero-order chi connectivity index (χ0) is 14.5. The van der Waals surface area contributed by atoms with E-state index in [9.17, 15) is 4.79 Å². The summed E-state index contributed by atoms with van der Waals surface area (Å²) < 4.78 is 0. The Labute approximate surface area is 126 Å². The molecule has 1 N–H and O–H groups in total. The van der Waals surface area contributed by atoms with Crippen LogP contribution in [0.5, 0.6) is 0 Å². The molecule has 3 nitrogen and oxygen atoms in total. The number of amides is 1. The minimum Gasteiger partial charge on any atom is -0.382 e. The summed E-state index contributed by atoms with van der Waals surface area (Å²) in [6.07, 6.45) is 2.65. The molecule has 1 aromatic carbocycles. The second-order valence-corrected chi connectivity index (χ2v) is 6.34. The van der Waals surface area contributed by atoms with Crippen LogP contribution in [0.15, 0.2) is 24.3 Å². The Morgan fingerprint density at radius 3 is 2.70 bits per heavy atom. The van der Waals surface area contributed by atoms with Gasteiger partial charge < -0.3 is 10.2 Å². The zero-order valence-electron chi connectivity index (χ0n) is 12.2. The maximum absolute atomic E-state index is 12.0. The molecule has 1 aromatic rings. The molecule has 0 aromatic heterocycles. The van der Waals surface area contributed by atoms with E-state index in [4.69, 9.17) is 11.6 Å². The Kier molecular flexibility index (Phi) is 5.30. The molecule has 20 heavy (non-hydrogen) atoms. The number of halogens is 1. The molecule has 1 saturated heterocycles. The summed E-state index contributed by atoms with van der Waals surface area (Å²) in [5, 5.41) is 4.25. The highest BCUT2D eigenvalue weighted by molar-refractivity contribution is 6.30. The fraction of sp³-hybridized carbons (Fsp3) is 0.562. The van der Waals surface area contributed by atoms with Crippen LogP contribution in [0.3, 0.4) is 0 Å². The van der Waals surface area contributed by atoms with Crippen molar-refractivity contribution < 1.29 is 4.79 Å². The van der Waals surface area contributed by atoms with Crippen LogP contribution in [0.2, 0.25) is 5.02 Å². The van der Waals surface area contributed by atoms with Gasteiger partial charge in [-0.2, -0.15) is 0 Å². The first kappa shape index (κ1) is 15.2. The third-order valence-electron chi connectivity index (χ3n) is 3.63. The van der Waals surface area contributed by atoms with Crippen molar-refractivity contribution in [1.82, 2.24) is 4.90 Å². The number of carbonyl (C=O) groups is 1. The van der Waals surface area contributed by atoms with E-state index < -0.39 is 0 Å². The number of rotatable bonds is 4. The molecule has 1 fully saturated rings. The number of hydrogen-bond donors (Lipinski definition) is 1. The van der Waals surface area contributed by atoms with Crippen LogP contribution >= 0.6 is 11.6 Å². The van der Waals surface area contributed by atoms with Crippen molar-refractivity contribution in [1.29, 1.82) is 0 Å². The lowest BCUT2D eigenvalue weighted by Gasteiger charge is -2.33. The molecule has 1 heterocycles. The van der Waals surface area contributed by atoms with Crippen LogP contribution < -0.4 is 5.32 Å². The molecule has 1 aliphatic heterocycles. The van der Waals surface area contributed by atoms with Gasteiger partial charge in [0.05, 0.1) is 0 Å². The summed E-state index contributed by atoms with van der Waals surface area (Å²) in [5.74, 6) is 0.728. The first-order valence-corrected chi connectivity index (χ1v) is 7.72. The third-order valence-corrected chi connectivity index (χ3v) is 3.86. The summed E-state index contributed by atoms with van der Waals surface area (Å²) in [6, 6.07) is 8.22. The van der Waals surface area contributed by atoms with E-state index in [1.165, 1.54) is 0 Å². The monoisotopic (exact) mass is 294 g/mol. The highest BCUT2D eigenvalue weighted by Crippen LogP contribution is 2.20. The lowest BCUT2D eigenvalue weighted by Crippen LogP contribution is -2.42. The number of likely N-dealkylation sites (tertiary alicyclic amines) is 1. The predicted octanol–water partition coefficient (Wildman–Crippen LogP) is 3.79. The van der Waals surface area contributed by atoms with Crippen molar-refractivity contribution in [2.45, 2.75) is 39.2 Å². The van der Waals surface area contributed by atoms with Gasteiger partial charge >= 0.3 is 0 Å². The highest BCUT2D eigenvalue weighted by Gasteiger charge is 2.22. The number of hydrogen-bond acceptors (Lipinski definition) is 2. The molecular formula is C16H23ClN2O. The molecule has 4 heteroatoms. The van der Waals surface area contributed by atoms with Gasteiger partial charge in [-0.3, -0.25) is 4.79 Å². The molecule has 0 atom stereocenters. The summed E-state index contributed by atoms with van der Waals surface area (Å²) in [4.78, 5) is 14.0. The van der Waals surface area contributed by atoms with Crippen LogP contribution in [0, 0.1) is 5.92 Å². The largest absolute Gasteiger partial charge is 0.382 e. The van der Waals surface area contributed by atoms with Gasteiger partial charge in [0, 0.05) is 36.3 Å². The zero-order valence-corrected chi connectivity index (χ0v) is 13.0. The first-order valence-electron chi connectivity index (χ1n) is 7.34. The summed E-state index contributed by atoms with van der Waals surface area (Å²) in [7, 11) is 0. The van der Waals surface area contributed by atoms with Crippen molar-refractivity contribution in [3.63, 3.8) is 0 Å². The molecule has 0 aliphatic carbocycles. The maximum Gasteiger partial charge on any atom is 0.222 e. The number of anilines is 1. The van der Waals surface area contributed by atoms with Gasteiger partial charge in [0.25, 0.3) is 0 Å². The normalized spacial score (nSPS) is 16.5. The van der Waals surface area contributed by atoms with Crippen molar-refractivity contribution >= 4 is 23.2 Å². The van der Waals surface area contributed by atoms with E-state index in [1.54, 1.807) is 0 Å². The van der Waals surface area contributed by atoms with E-state index in [-0.39, 0.29) is 0 Å². The Balaban J connectivity index is 1.81. The van der Waals surface area contributed by atoms with Gasteiger partial charge in [-0.25, -0.2) is 0 Å².